The normalized spacial score (nSPS) is 11.8. The van der Waals surface area contributed by atoms with Gasteiger partial charge in [-0.2, -0.15) is 0 Å². The highest BCUT2D eigenvalue weighted by Gasteiger charge is 2.16. The van der Waals surface area contributed by atoms with Gasteiger partial charge in [-0.05, 0) is 29.4 Å². The molecular formula is C16H27NO. The molecule has 2 heteroatoms. The summed E-state index contributed by atoms with van der Waals surface area (Å²) >= 11 is 0. The SMILES string of the molecule is CCc1ccc(CNCC(C)(C)CCOC)cc1. The summed E-state index contributed by atoms with van der Waals surface area (Å²) in [7, 11) is 1.76. The van der Waals surface area contributed by atoms with Crippen molar-refractivity contribution in [3.8, 4) is 0 Å². The van der Waals surface area contributed by atoms with Crippen molar-refractivity contribution < 1.29 is 4.74 Å². The van der Waals surface area contributed by atoms with Gasteiger partial charge in [0.2, 0.25) is 0 Å². The molecule has 0 amide bonds. The van der Waals surface area contributed by atoms with Crippen LogP contribution in [-0.2, 0) is 17.7 Å². The van der Waals surface area contributed by atoms with Gasteiger partial charge < -0.3 is 10.1 Å². The molecular weight excluding hydrogens is 222 g/mol. The zero-order valence-electron chi connectivity index (χ0n) is 12.3. The van der Waals surface area contributed by atoms with E-state index >= 15 is 0 Å². The van der Waals surface area contributed by atoms with Gasteiger partial charge in [-0.1, -0.05) is 45.0 Å². The number of ether oxygens (including phenoxy) is 1. The fourth-order valence-corrected chi connectivity index (χ4v) is 1.90. The summed E-state index contributed by atoms with van der Waals surface area (Å²) in [6, 6.07) is 8.86. The van der Waals surface area contributed by atoms with E-state index in [0.29, 0.717) is 5.41 Å². The van der Waals surface area contributed by atoms with Crippen molar-refractivity contribution in [3.05, 3.63) is 35.4 Å². The third kappa shape index (κ3) is 5.65. The first kappa shape index (κ1) is 15.2. The topological polar surface area (TPSA) is 21.3 Å². The molecule has 0 atom stereocenters. The van der Waals surface area contributed by atoms with Crippen LogP contribution >= 0.6 is 0 Å². The lowest BCUT2D eigenvalue weighted by Gasteiger charge is -2.24. The monoisotopic (exact) mass is 249 g/mol. The Morgan fingerprint density at radius 3 is 2.28 bits per heavy atom. The first-order valence-electron chi connectivity index (χ1n) is 6.85. The lowest BCUT2D eigenvalue weighted by atomic mass is 9.89. The Kier molecular flexibility index (Phi) is 6.37. The highest BCUT2D eigenvalue weighted by atomic mass is 16.5. The third-order valence-electron chi connectivity index (χ3n) is 3.35. The quantitative estimate of drug-likeness (QED) is 0.762. The van der Waals surface area contributed by atoms with Crippen molar-refractivity contribution in [2.45, 2.75) is 40.2 Å². The Labute approximate surface area is 112 Å². The van der Waals surface area contributed by atoms with Crippen molar-refractivity contribution in [2.24, 2.45) is 5.41 Å². The van der Waals surface area contributed by atoms with Gasteiger partial charge in [-0.15, -0.1) is 0 Å². The predicted molar refractivity (Wildman–Crippen MR) is 77.8 cm³/mol. The number of nitrogens with one attached hydrogen (secondary N) is 1. The van der Waals surface area contributed by atoms with Gasteiger partial charge in [0.05, 0.1) is 0 Å². The molecule has 0 unspecified atom stereocenters. The number of benzene rings is 1. The van der Waals surface area contributed by atoms with Crippen LogP contribution in [-0.4, -0.2) is 20.3 Å². The Morgan fingerprint density at radius 2 is 1.72 bits per heavy atom. The standard InChI is InChI=1S/C16H27NO/c1-5-14-6-8-15(9-7-14)12-17-13-16(2,3)10-11-18-4/h6-9,17H,5,10-13H2,1-4H3. The largest absolute Gasteiger partial charge is 0.385 e. The van der Waals surface area contributed by atoms with Crippen LogP contribution in [0.15, 0.2) is 24.3 Å². The number of aryl methyl sites for hydroxylation is 1. The molecule has 0 bridgehead atoms. The predicted octanol–water partition coefficient (Wildman–Crippen LogP) is 3.40. The first-order valence-corrected chi connectivity index (χ1v) is 6.85. The van der Waals surface area contributed by atoms with E-state index in [2.05, 4.69) is 50.4 Å². The molecule has 102 valence electrons. The van der Waals surface area contributed by atoms with Crippen LogP contribution in [0.5, 0.6) is 0 Å². The molecule has 0 heterocycles. The van der Waals surface area contributed by atoms with Gasteiger partial charge in [0.25, 0.3) is 0 Å². The molecule has 1 rings (SSSR count). The van der Waals surface area contributed by atoms with Crippen molar-refractivity contribution >= 4 is 0 Å². The maximum atomic E-state index is 5.14. The van der Waals surface area contributed by atoms with E-state index in [4.69, 9.17) is 4.74 Å². The minimum absolute atomic E-state index is 0.291. The smallest absolute Gasteiger partial charge is 0.0467 e. The number of hydrogen-bond acceptors (Lipinski definition) is 2. The van der Waals surface area contributed by atoms with Crippen LogP contribution in [0.4, 0.5) is 0 Å². The lowest BCUT2D eigenvalue weighted by Crippen LogP contribution is -2.30. The van der Waals surface area contributed by atoms with Crippen LogP contribution in [0, 0.1) is 5.41 Å². The second kappa shape index (κ2) is 7.55. The van der Waals surface area contributed by atoms with Gasteiger partial charge >= 0.3 is 0 Å². The van der Waals surface area contributed by atoms with E-state index < -0.39 is 0 Å². The zero-order chi connectivity index (χ0) is 13.4. The van der Waals surface area contributed by atoms with Crippen molar-refractivity contribution in [1.82, 2.24) is 5.32 Å². The minimum Gasteiger partial charge on any atom is -0.385 e. The summed E-state index contributed by atoms with van der Waals surface area (Å²) in [4.78, 5) is 0. The van der Waals surface area contributed by atoms with Gasteiger partial charge in [-0.25, -0.2) is 0 Å². The summed E-state index contributed by atoms with van der Waals surface area (Å²) in [5.74, 6) is 0. The van der Waals surface area contributed by atoms with Crippen LogP contribution < -0.4 is 5.32 Å². The van der Waals surface area contributed by atoms with Gasteiger partial charge in [0, 0.05) is 26.8 Å². The van der Waals surface area contributed by atoms with E-state index in [1.165, 1.54) is 11.1 Å². The second-order valence-corrected chi connectivity index (χ2v) is 5.68. The molecule has 0 spiro atoms. The molecule has 0 saturated heterocycles. The molecule has 0 fully saturated rings. The van der Waals surface area contributed by atoms with Crippen LogP contribution in [0.25, 0.3) is 0 Å². The molecule has 18 heavy (non-hydrogen) atoms. The van der Waals surface area contributed by atoms with Crippen LogP contribution in [0.2, 0.25) is 0 Å². The van der Waals surface area contributed by atoms with Crippen molar-refractivity contribution in [3.63, 3.8) is 0 Å². The fourth-order valence-electron chi connectivity index (χ4n) is 1.90. The summed E-state index contributed by atoms with van der Waals surface area (Å²) in [5, 5.41) is 3.53. The Morgan fingerprint density at radius 1 is 1.11 bits per heavy atom. The second-order valence-electron chi connectivity index (χ2n) is 5.68. The molecule has 0 aliphatic carbocycles. The average molecular weight is 249 g/mol. The van der Waals surface area contributed by atoms with E-state index in [-0.39, 0.29) is 0 Å². The minimum atomic E-state index is 0.291. The maximum absolute atomic E-state index is 5.14. The Hall–Kier alpha value is -0.860. The highest BCUT2D eigenvalue weighted by Crippen LogP contribution is 2.18. The summed E-state index contributed by atoms with van der Waals surface area (Å²) < 4.78 is 5.14. The van der Waals surface area contributed by atoms with Gasteiger partial charge in [-0.3, -0.25) is 0 Å². The molecule has 2 nitrogen and oxygen atoms in total. The van der Waals surface area contributed by atoms with E-state index in [9.17, 15) is 0 Å². The first-order chi connectivity index (χ1) is 8.57. The fraction of sp³-hybridized carbons (Fsp3) is 0.625. The van der Waals surface area contributed by atoms with E-state index in [0.717, 1.165) is 32.5 Å². The third-order valence-corrected chi connectivity index (χ3v) is 3.35. The molecule has 1 N–H and O–H groups in total. The molecule has 1 aromatic carbocycles. The molecule has 0 saturated carbocycles. The number of methoxy groups -OCH3 is 1. The van der Waals surface area contributed by atoms with Gasteiger partial charge in [0.1, 0.15) is 0 Å². The molecule has 0 aromatic heterocycles. The summed E-state index contributed by atoms with van der Waals surface area (Å²) in [6.07, 6.45) is 2.20. The Balaban J connectivity index is 2.31. The number of hydrogen-bond donors (Lipinski definition) is 1. The van der Waals surface area contributed by atoms with Crippen molar-refractivity contribution in [1.29, 1.82) is 0 Å². The molecule has 0 radical (unpaired) electrons. The average Bonchev–Trinajstić information content (AvgIpc) is 2.37. The zero-order valence-corrected chi connectivity index (χ0v) is 12.3. The summed E-state index contributed by atoms with van der Waals surface area (Å²) in [6.45, 7) is 9.54. The van der Waals surface area contributed by atoms with E-state index in [1.807, 2.05) is 0 Å². The van der Waals surface area contributed by atoms with Crippen molar-refractivity contribution in [2.75, 3.05) is 20.3 Å². The van der Waals surface area contributed by atoms with Crippen LogP contribution in [0.3, 0.4) is 0 Å². The number of rotatable bonds is 8. The highest BCUT2D eigenvalue weighted by molar-refractivity contribution is 5.22. The van der Waals surface area contributed by atoms with Crippen LogP contribution in [0.1, 0.15) is 38.3 Å². The van der Waals surface area contributed by atoms with Gasteiger partial charge in [0.15, 0.2) is 0 Å². The molecule has 0 aliphatic heterocycles. The molecule has 0 aliphatic rings. The van der Waals surface area contributed by atoms with E-state index in [1.54, 1.807) is 7.11 Å². The summed E-state index contributed by atoms with van der Waals surface area (Å²) in [5.41, 5.74) is 3.05. The Bertz CT molecular complexity index is 329. The lowest BCUT2D eigenvalue weighted by molar-refractivity contribution is 0.150. The maximum Gasteiger partial charge on any atom is 0.0467 e. The molecule has 1 aromatic rings.